The van der Waals surface area contributed by atoms with Crippen molar-refractivity contribution >= 4 is 29.7 Å². The number of nitrogens with one attached hydrogen (secondary N) is 2. The van der Waals surface area contributed by atoms with Crippen molar-refractivity contribution in [3.8, 4) is 0 Å². The first kappa shape index (κ1) is 21.8. The number of rotatable bonds is 5. The van der Waals surface area contributed by atoms with E-state index in [-0.39, 0.29) is 23.2 Å². The van der Waals surface area contributed by atoms with E-state index in [0.29, 0.717) is 0 Å². The van der Waals surface area contributed by atoms with Gasteiger partial charge in [0.25, 0.3) is 17.7 Å². The van der Waals surface area contributed by atoms with Crippen molar-refractivity contribution in [1.82, 2.24) is 15.5 Å². The van der Waals surface area contributed by atoms with E-state index < -0.39 is 41.4 Å². The highest BCUT2D eigenvalue weighted by Crippen LogP contribution is 2.24. The van der Waals surface area contributed by atoms with Gasteiger partial charge in [0.1, 0.15) is 0 Å². The van der Waals surface area contributed by atoms with E-state index in [0.717, 1.165) is 4.90 Å². The van der Waals surface area contributed by atoms with Crippen LogP contribution < -0.4 is 10.6 Å². The molecular weight excluding hydrogens is 378 g/mol. The van der Waals surface area contributed by atoms with Gasteiger partial charge < -0.3 is 10.1 Å². The second-order valence-electron chi connectivity index (χ2n) is 7.51. The average molecular weight is 401 g/mol. The fourth-order valence-corrected chi connectivity index (χ4v) is 2.58. The first-order valence-electron chi connectivity index (χ1n) is 8.89. The van der Waals surface area contributed by atoms with Crippen molar-refractivity contribution in [1.29, 1.82) is 0 Å². The Morgan fingerprint density at radius 3 is 2.38 bits per heavy atom. The fraction of sp³-hybridized carbons (Fsp3) is 0.350. The molecular formula is C20H23N3O6. The minimum atomic E-state index is -1.25. The maximum atomic E-state index is 12.3. The molecule has 0 unspecified atom stereocenters. The van der Waals surface area contributed by atoms with Crippen molar-refractivity contribution in [2.45, 2.75) is 39.3 Å². The van der Waals surface area contributed by atoms with Gasteiger partial charge in [0, 0.05) is 12.1 Å². The molecule has 0 aliphatic carbocycles. The third-order valence-corrected chi connectivity index (χ3v) is 3.90. The van der Waals surface area contributed by atoms with E-state index in [4.69, 9.17) is 4.74 Å². The molecule has 0 radical (unpaired) electrons. The summed E-state index contributed by atoms with van der Waals surface area (Å²) >= 11 is 0. The molecule has 154 valence electrons. The van der Waals surface area contributed by atoms with Gasteiger partial charge in [0.05, 0.1) is 16.7 Å². The summed E-state index contributed by atoms with van der Waals surface area (Å²) in [7, 11) is 0. The lowest BCUT2D eigenvalue weighted by atomic mass is 10.1. The van der Waals surface area contributed by atoms with Crippen LogP contribution in [0.5, 0.6) is 0 Å². The maximum absolute atomic E-state index is 12.3. The van der Waals surface area contributed by atoms with Crippen LogP contribution in [-0.4, -0.2) is 52.8 Å². The van der Waals surface area contributed by atoms with E-state index in [1.165, 1.54) is 31.2 Å². The summed E-state index contributed by atoms with van der Waals surface area (Å²) in [5.41, 5.74) is -0.284. The Bertz CT molecular complexity index is 900. The molecule has 0 fully saturated rings. The van der Waals surface area contributed by atoms with Gasteiger partial charge in [-0.05, 0) is 45.9 Å². The predicted molar refractivity (Wildman–Crippen MR) is 103 cm³/mol. The minimum Gasteiger partial charge on any atom is -0.449 e. The highest BCUT2D eigenvalue weighted by atomic mass is 16.5. The first-order chi connectivity index (χ1) is 13.4. The molecule has 1 aliphatic rings. The third-order valence-electron chi connectivity index (χ3n) is 3.90. The second kappa shape index (κ2) is 8.26. The Labute approximate surface area is 168 Å². The Balaban J connectivity index is 2.06. The molecule has 0 bridgehead atoms. The van der Waals surface area contributed by atoms with Crippen molar-refractivity contribution in [3.05, 3.63) is 47.5 Å². The van der Waals surface area contributed by atoms with E-state index >= 15 is 0 Å². The molecule has 2 rings (SSSR count). The van der Waals surface area contributed by atoms with Crippen LogP contribution in [0.4, 0.5) is 4.79 Å². The largest absolute Gasteiger partial charge is 0.449 e. The molecule has 1 aromatic rings. The lowest BCUT2D eigenvalue weighted by molar-refractivity contribution is -0.127. The summed E-state index contributed by atoms with van der Waals surface area (Å²) in [4.78, 5) is 61.7. The highest BCUT2D eigenvalue weighted by Gasteiger charge is 2.35. The van der Waals surface area contributed by atoms with Crippen molar-refractivity contribution in [3.63, 3.8) is 0 Å². The molecule has 0 saturated heterocycles. The molecule has 9 heteroatoms. The number of fused-ring (bicyclic) bond motifs is 1. The number of amides is 5. The third kappa shape index (κ3) is 5.07. The minimum absolute atomic E-state index is 0.00384. The van der Waals surface area contributed by atoms with Crippen LogP contribution in [0, 0.1) is 0 Å². The van der Waals surface area contributed by atoms with Gasteiger partial charge in [0.2, 0.25) is 0 Å². The summed E-state index contributed by atoms with van der Waals surface area (Å²) in [5.74, 6) is -2.68. The number of carbonyl (C=O) groups is 5. The second-order valence-corrected chi connectivity index (χ2v) is 7.51. The zero-order valence-electron chi connectivity index (χ0n) is 16.7. The number of hydrogen-bond acceptors (Lipinski definition) is 6. The lowest BCUT2D eigenvalue weighted by Gasteiger charge is -2.21. The van der Waals surface area contributed by atoms with Gasteiger partial charge in [-0.3, -0.25) is 24.6 Å². The van der Waals surface area contributed by atoms with Crippen LogP contribution in [0.2, 0.25) is 0 Å². The van der Waals surface area contributed by atoms with Crippen molar-refractivity contribution < 1.29 is 28.7 Å². The molecule has 0 spiro atoms. The first-order valence-corrected chi connectivity index (χ1v) is 8.89. The standard InChI is InChI=1S/C20H23N3O6/c1-6-9-23-16(25)13-8-7-12(10-14(13)17(23)26)18(27)29-11(2)15(24)21-19(28)22-20(3,4)5/h6-8,10-11H,1,9H2,2-5H3,(H2,21,22,24,28)/t11-/m1/s1. The van der Waals surface area contributed by atoms with Crippen molar-refractivity contribution in [2.75, 3.05) is 6.54 Å². The topological polar surface area (TPSA) is 122 Å². The van der Waals surface area contributed by atoms with Gasteiger partial charge in [-0.1, -0.05) is 6.08 Å². The Kier molecular flexibility index (Phi) is 6.21. The van der Waals surface area contributed by atoms with E-state index in [1.54, 1.807) is 20.8 Å². The zero-order chi connectivity index (χ0) is 21.9. The van der Waals surface area contributed by atoms with Crippen LogP contribution in [-0.2, 0) is 9.53 Å². The van der Waals surface area contributed by atoms with Crippen LogP contribution in [0.15, 0.2) is 30.9 Å². The average Bonchev–Trinajstić information content (AvgIpc) is 2.84. The van der Waals surface area contributed by atoms with Gasteiger partial charge in [-0.25, -0.2) is 9.59 Å². The molecule has 29 heavy (non-hydrogen) atoms. The lowest BCUT2D eigenvalue weighted by Crippen LogP contribution is -2.50. The van der Waals surface area contributed by atoms with Crippen molar-refractivity contribution in [2.24, 2.45) is 0 Å². The molecule has 0 aromatic heterocycles. The van der Waals surface area contributed by atoms with Crippen LogP contribution in [0.1, 0.15) is 58.8 Å². The van der Waals surface area contributed by atoms with Crippen LogP contribution >= 0.6 is 0 Å². The van der Waals surface area contributed by atoms with Crippen LogP contribution in [0.25, 0.3) is 0 Å². The normalized spacial score (nSPS) is 14.1. The monoisotopic (exact) mass is 401 g/mol. The summed E-state index contributed by atoms with van der Waals surface area (Å²) in [6.45, 7) is 10.1. The number of hydrogen-bond donors (Lipinski definition) is 2. The molecule has 1 aromatic carbocycles. The number of benzene rings is 1. The van der Waals surface area contributed by atoms with E-state index in [9.17, 15) is 24.0 Å². The number of carbonyl (C=O) groups excluding carboxylic acids is 5. The van der Waals surface area contributed by atoms with Gasteiger partial charge in [0.15, 0.2) is 6.10 Å². The SMILES string of the molecule is C=CCN1C(=O)c2ccc(C(=O)O[C@H](C)C(=O)NC(=O)NC(C)(C)C)cc2C1=O. The summed E-state index contributed by atoms with van der Waals surface area (Å²) in [6, 6.07) is 3.23. The fourth-order valence-electron chi connectivity index (χ4n) is 2.58. The Hall–Kier alpha value is -3.49. The van der Waals surface area contributed by atoms with Gasteiger partial charge in [-0.2, -0.15) is 0 Å². The van der Waals surface area contributed by atoms with Crippen LogP contribution in [0.3, 0.4) is 0 Å². The molecule has 1 aliphatic heterocycles. The quantitative estimate of drug-likeness (QED) is 0.439. The number of ether oxygens (including phenoxy) is 1. The number of esters is 1. The predicted octanol–water partition coefficient (Wildman–Crippen LogP) is 1.64. The maximum Gasteiger partial charge on any atom is 0.338 e. The zero-order valence-corrected chi connectivity index (χ0v) is 16.7. The molecule has 1 atom stereocenters. The summed E-state index contributed by atoms with van der Waals surface area (Å²) in [5, 5.41) is 4.64. The van der Waals surface area contributed by atoms with E-state index in [1.807, 2.05) is 0 Å². The van der Waals surface area contributed by atoms with E-state index in [2.05, 4.69) is 17.2 Å². The number of nitrogens with zero attached hydrogens (tertiary/aromatic N) is 1. The van der Waals surface area contributed by atoms with Gasteiger partial charge >= 0.3 is 12.0 Å². The molecule has 2 N–H and O–H groups in total. The highest BCUT2D eigenvalue weighted by molar-refractivity contribution is 6.22. The summed E-state index contributed by atoms with van der Waals surface area (Å²) < 4.78 is 5.07. The molecule has 5 amide bonds. The molecule has 0 saturated carbocycles. The Morgan fingerprint density at radius 2 is 1.79 bits per heavy atom. The summed E-state index contributed by atoms with van der Waals surface area (Å²) in [6.07, 6.45) is 0.170. The number of urea groups is 1. The number of imide groups is 2. The van der Waals surface area contributed by atoms with Gasteiger partial charge in [-0.15, -0.1) is 6.58 Å². The molecule has 9 nitrogen and oxygen atoms in total. The Morgan fingerprint density at radius 1 is 1.17 bits per heavy atom. The smallest absolute Gasteiger partial charge is 0.338 e. The molecule has 1 heterocycles.